The maximum atomic E-state index is 10.5. The van der Waals surface area contributed by atoms with Crippen LogP contribution in [0.25, 0.3) is 0 Å². The first-order valence-electron chi connectivity index (χ1n) is 5.67. The van der Waals surface area contributed by atoms with E-state index in [0.29, 0.717) is 5.92 Å². The van der Waals surface area contributed by atoms with E-state index in [1.165, 1.54) is 12.8 Å². The first-order valence-corrected chi connectivity index (χ1v) is 5.67. The number of aliphatic imine (C=N–C) groups is 1. The highest BCUT2D eigenvalue weighted by Gasteiger charge is 2.25. The van der Waals surface area contributed by atoms with Crippen molar-refractivity contribution in [2.75, 3.05) is 0 Å². The standard InChI is InChI=1S/C13H15NO2/c15-9-14-13(10-3-1-2-4-10)11-5-7-12(16)8-6-11/h5-8,10,13,16H,1-4H2. The molecule has 3 heteroatoms. The smallest absolute Gasteiger partial charge is 0.235 e. The average Bonchev–Trinajstić information content (AvgIpc) is 2.81. The molecule has 0 bridgehead atoms. The highest BCUT2D eigenvalue weighted by Crippen LogP contribution is 2.38. The number of hydrogen-bond donors (Lipinski definition) is 1. The Morgan fingerprint density at radius 2 is 1.88 bits per heavy atom. The van der Waals surface area contributed by atoms with E-state index in [1.54, 1.807) is 18.2 Å². The first-order chi connectivity index (χ1) is 7.81. The minimum atomic E-state index is -0.0828. The lowest BCUT2D eigenvalue weighted by Crippen LogP contribution is -2.07. The second-order valence-electron chi connectivity index (χ2n) is 4.30. The number of isocyanates is 1. The number of carbonyl (C=O) groups excluding carboxylic acids is 1. The molecule has 1 fully saturated rings. The zero-order valence-electron chi connectivity index (χ0n) is 9.10. The largest absolute Gasteiger partial charge is 0.508 e. The van der Waals surface area contributed by atoms with Gasteiger partial charge in [0.05, 0.1) is 6.04 Å². The van der Waals surface area contributed by atoms with E-state index in [1.807, 2.05) is 12.1 Å². The van der Waals surface area contributed by atoms with Gasteiger partial charge in [0.15, 0.2) is 0 Å². The fourth-order valence-corrected chi connectivity index (χ4v) is 2.45. The van der Waals surface area contributed by atoms with Crippen LogP contribution in [0.5, 0.6) is 5.75 Å². The van der Waals surface area contributed by atoms with Gasteiger partial charge in [-0.05, 0) is 36.5 Å². The van der Waals surface area contributed by atoms with Crippen LogP contribution in [0.15, 0.2) is 29.3 Å². The molecule has 0 heterocycles. The molecule has 0 saturated heterocycles. The zero-order chi connectivity index (χ0) is 11.4. The van der Waals surface area contributed by atoms with Gasteiger partial charge in [-0.3, -0.25) is 0 Å². The third kappa shape index (κ3) is 2.31. The first kappa shape index (κ1) is 10.9. The van der Waals surface area contributed by atoms with Crippen molar-refractivity contribution in [2.45, 2.75) is 31.7 Å². The van der Waals surface area contributed by atoms with Crippen molar-refractivity contribution < 1.29 is 9.90 Å². The van der Waals surface area contributed by atoms with Crippen LogP contribution in [0, 0.1) is 5.92 Å². The second-order valence-corrected chi connectivity index (χ2v) is 4.30. The van der Waals surface area contributed by atoms with Gasteiger partial charge in [0.1, 0.15) is 5.75 Å². The molecule has 1 aliphatic carbocycles. The number of nitrogens with zero attached hydrogens (tertiary/aromatic N) is 1. The highest BCUT2D eigenvalue weighted by molar-refractivity contribution is 5.37. The number of phenols is 1. The molecule has 0 amide bonds. The molecule has 0 aromatic heterocycles. The van der Waals surface area contributed by atoms with E-state index in [4.69, 9.17) is 0 Å². The van der Waals surface area contributed by atoms with Gasteiger partial charge in [-0.2, -0.15) is 4.99 Å². The van der Waals surface area contributed by atoms with Crippen molar-refractivity contribution in [3.63, 3.8) is 0 Å². The lowest BCUT2D eigenvalue weighted by atomic mass is 9.92. The Balaban J connectivity index is 2.24. The van der Waals surface area contributed by atoms with E-state index in [0.717, 1.165) is 18.4 Å². The van der Waals surface area contributed by atoms with Gasteiger partial charge >= 0.3 is 0 Å². The van der Waals surface area contributed by atoms with Gasteiger partial charge in [0, 0.05) is 0 Å². The predicted molar refractivity (Wildman–Crippen MR) is 60.9 cm³/mol. The van der Waals surface area contributed by atoms with Crippen LogP contribution >= 0.6 is 0 Å². The Hall–Kier alpha value is -1.60. The zero-order valence-corrected chi connectivity index (χ0v) is 9.10. The molecule has 1 aliphatic rings. The van der Waals surface area contributed by atoms with Gasteiger partial charge in [-0.25, -0.2) is 4.79 Å². The summed E-state index contributed by atoms with van der Waals surface area (Å²) in [5, 5.41) is 9.23. The van der Waals surface area contributed by atoms with Crippen LogP contribution in [0.4, 0.5) is 0 Å². The van der Waals surface area contributed by atoms with Crippen molar-refractivity contribution in [1.82, 2.24) is 0 Å². The summed E-state index contributed by atoms with van der Waals surface area (Å²) in [5.74, 6) is 0.690. The van der Waals surface area contributed by atoms with Crippen LogP contribution in [-0.4, -0.2) is 11.2 Å². The van der Waals surface area contributed by atoms with Crippen LogP contribution < -0.4 is 0 Å². The minimum absolute atomic E-state index is 0.0828. The number of aromatic hydroxyl groups is 1. The molecule has 1 N–H and O–H groups in total. The third-order valence-corrected chi connectivity index (χ3v) is 3.27. The molecule has 84 valence electrons. The summed E-state index contributed by atoms with van der Waals surface area (Å²) in [6.45, 7) is 0. The minimum Gasteiger partial charge on any atom is -0.508 e. The van der Waals surface area contributed by atoms with Crippen LogP contribution in [0.3, 0.4) is 0 Å². The molecule has 1 aromatic rings. The SMILES string of the molecule is O=C=NC(c1ccc(O)cc1)C1CCCC1. The lowest BCUT2D eigenvalue weighted by Gasteiger charge is -2.17. The summed E-state index contributed by atoms with van der Waals surface area (Å²) in [4.78, 5) is 14.4. The molecule has 1 aromatic carbocycles. The van der Waals surface area contributed by atoms with E-state index >= 15 is 0 Å². The topological polar surface area (TPSA) is 49.7 Å². The number of hydrogen-bond acceptors (Lipinski definition) is 3. The maximum absolute atomic E-state index is 10.5. The lowest BCUT2D eigenvalue weighted by molar-refractivity contribution is 0.440. The summed E-state index contributed by atoms with van der Waals surface area (Å²) in [6.07, 6.45) is 6.35. The quantitative estimate of drug-likeness (QED) is 0.625. The maximum Gasteiger partial charge on any atom is 0.235 e. The van der Waals surface area contributed by atoms with Crippen LogP contribution in [0.1, 0.15) is 37.3 Å². The van der Waals surface area contributed by atoms with Gasteiger partial charge in [-0.1, -0.05) is 25.0 Å². The van der Waals surface area contributed by atoms with Crippen molar-refractivity contribution in [3.8, 4) is 5.75 Å². The molecule has 1 saturated carbocycles. The molecule has 16 heavy (non-hydrogen) atoms. The van der Waals surface area contributed by atoms with Gasteiger partial charge in [0.25, 0.3) is 0 Å². The number of benzene rings is 1. The molecule has 0 radical (unpaired) electrons. The van der Waals surface area contributed by atoms with Gasteiger partial charge in [-0.15, -0.1) is 0 Å². The van der Waals surface area contributed by atoms with Gasteiger partial charge in [0.2, 0.25) is 6.08 Å². The Bertz CT molecular complexity index is 387. The Labute approximate surface area is 94.8 Å². The van der Waals surface area contributed by atoms with E-state index in [9.17, 15) is 9.90 Å². The third-order valence-electron chi connectivity index (χ3n) is 3.27. The monoisotopic (exact) mass is 217 g/mol. The molecule has 1 unspecified atom stereocenters. The van der Waals surface area contributed by atoms with Crippen molar-refractivity contribution >= 4 is 6.08 Å². The Morgan fingerprint density at radius 3 is 2.44 bits per heavy atom. The fraction of sp³-hybridized carbons (Fsp3) is 0.462. The Morgan fingerprint density at radius 1 is 1.25 bits per heavy atom. The van der Waals surface area contributed by atoms with Crippen LogP contribution in [-0.2, 0) is 4.79 Å². The Kier molecular flexibility index (Phi) is 3.37. The predicted octanol–water partition coefficient (Wildman–Crippen LogP) is 2.96. The van der Waals surface area contributed by atoms with E-state index in [-0.39, 0.29) is 11.8 Å². The highest BCUT2D eigenvalue weighted by atomic mass is 16.3. The summed E-state index contributed by atoms with van der Waals surface area (Å²) in [6, 6.07) is 6.86. The molecular weight excluding hydrogens is 202 g/mol. The normalized spacial score (nSPS) is 18.0. The summed E-state index contributed by atoms with van der Waals surface area (Å²) in [7, 11) is 0. The molecule has 2 rings (SSSR count). The number of phenolic OH excluding ortho intramolecular Hbond substituents is 1. The fourth-order valence-electron chi connectivity index (χ4n) is 2.45. The van der Waals surface area contributed by atoms with Crippen molar-refractivity contribution in [2.24, 2.45) is 10.9 Å². The average molecular weight is 217 g/mol. The van der Waals surface area contributed by atoms with Gasteiger partial charge < -0.3 is 5.11 Å². The van der Waals surface area contributed by atoms with Crippen LogP contribution in [0.2, 0.25) is 0 Å². The summed E-state index contributed by atoms with van der Waals surface area (Å²) in [5.41, 5.74) is 0.994. The second kappa shape index (κ2) is 4.95. The molecule has 0 spiro atoms. The summed E-state index contributed by atoms with van der Waals surface area (Å²) < 4.78 is 0. The van der Waals surface area contributed by atoms with E-state index < -0.39 is 0 Å². The molecule has 1 atom stereocenters. The number of rotatable bonds is 3. The summed E-state index contributed by atoms with van der Waals surface area (Å²) >= 11 is 0. The molecule has 3 nitrogen and oxygen atoms in total. The molecule has 0 aliphatic heterocycles. The van der Waals surface area contributed by atoms with Crippen molar-refractivity contribution in [1.29, 1.82) is 0 Å². The van der Waals surface area contributed by atoms with Crippen molar-refractivity contribution in [3.05, 3.63) is 29.8 Å². The van der Waals surface area contributed by atoms with E-state index in [2.05, 4.69) is 4.99 Å². The molecular formula is C13H15NO2.